The van der Waals surface area contributed by atoms with Gasteiger partial charge in [0.2, 0.25) is 0 Å². The zero-order valence-electron chi connectivity index (χ0n) is 18.0. The molecule has 0 spiro atoms. The molecule has 0 saturated carbocycles. The van der Waals surface area contributed by atoms with Gasteiger partial charge in [-0.05, 0) is 68.5 Å². The number of unbranched alkanes of at least 4 members (excludes halogenated alkanes) is 3. The number of rotatable bonds is 14. The van der Waals surface area contributed by atoms with Crippen LogP contribution in [0.15, 0.2) is 61.3 Å². The van der Waals surface area contributed by atoms with Gasteiger partial charge in [0.25, 0.3) is 0 Å². The largest absolute Gasteiger partial charge is 0.490 e. The molecule has 0 aliphatic carbocycles. The standard InChI is InChI=1S/C26H35NO2/c1-4-6-10-20-28-22(3)11-8-7-9-12-23-13-18-26(27-21-23)24-14-16-25(17-15-24)29-19-5-2/h5,9,12-18,21-22H,2,4,6-8,10-11,19-20H2,1,3H3/b12-9+. The number of benzene rings is 1. The number of pyridine rings is 1. The molecule has 0 aliphatic heterocycles. The first-order chi connectivity index (χ1) is 14.2. The quantitative estimate of drug-likeness (QED) is 0.253. The van der Waals surface area contributed by atoms with Crippen LogP contribution in [0.5, 0.6) is 5.75 Å². The summed E-state index contributed by atoms with van der Waals surface area (Å²) in [7, 11) is 0. The van der Waals surface area contributed by atoms with E-state index in [1.54, 1.807) is 6.08 Å². The van der Waals surface area contributed by atoms with Crippen molar-refractivity contribution in [2.24, 2.45) is 0 Å². The molecule has 1 atom stereocenters. The van der Waals surface area contributed by atoms with E-state index in [1.807, 2.05) is 30.5 Å². The van der Waals surface area contributed by atoms with Gasteiger partial charge in [-0.2, -0.15) is 0 Å². The summed E-state index contributed by atoms with van der Waals surface area (Å²) < 4.78 is 11.4. The molecule has 0 aliphatic rings. The lowest BCUT2D eigenvalue weighted by Crippen LogP contribution is -2.08. The highest BCUT2D eigenvalue weighted by Crippen LogP contribution is 2.21. The van der Waals surface area contributed by atoms with E-state index in [-0.39, 0.29) is 0 Å². The van der Waals surface area contributed by atoms with Crippen LogP contribution in [0, 0.1) is 0 Å². The first kappa shape index (κ1) is 22.9. The van der Waals surface area contributed by atoms with Crippen LogP contribution < -0.4 is 4.74 Å². The van der Waals surface area contributed by atoms with Crippen LogP contribution in [0.1, 0.15) is 57.9 Å². The average Bonchev–Trinajstić information content (AvgIpc) is 2.76. The average molecular weight is 394 g/mol. The highest BCUT2D eigenvalue weighted by atomic mass is 16.5. The van der Waals surface area contributed by atoms with Crippen LogP contribution in [0.25, 0.3) is 17.3 Å². The summed E-state index contributed by atoms with van der Waals surface area (Å²) in [6, 6.07) is 12.2. The van der Waals surface area contributed by atoms with Crippen molar-refractivity contribution in [1.82, 2.24) is 4.98 Å². The van der Waals surface area contributed by atoms with Gasteiger partial charge < -0.3 is 9.47 Å². The van der Waals surface area contributed by atoms with Crippen molar-refractivity contribution in [3.8, 4) is 17.0 Å². The second-order valence-electron chi connectivity index (χ2n) is 7.32. The Kier molecular flexibility index (Phi) is 10.8. The van der Waals surface area contributed by atoms with Crippen LogP contribution in [0.4, 0.5) is 0 Å². The number of nitrogens with zero attached hydrogens (tertiary/aromatic N) is 1. The SMILES string of the molecule is C=CCOc1ccc(-c2ccc(/C=C/CCCC(C)OCCCCC)cn2)cc1. The fourth-order valence-corrected chi connectivity index (χ4v) is 3.01. The molecule has 3 nitrogen and oxygen atoms in total. The second kappa shape index (κ2) is 13.7. The van der Waals surface area contributed by atoms with Crippen molar-refractivity contribution in [2.75, 3.05) is 13.2 Å². The molecule has 0 fully saturated rings. The number of ether oxygens (including phenoxy) is 2. The molecule has 1 aromatic carbocycles. The minimum atomic E-state index is 0.356. The third-order valence-electron chi connectivity index (χ3n) is 4.75. The summed E-state index contributed by atoms with van der Waals surface area (Å²) in [4.78, 5) is 4.59. The van der Waals surface area contributed by atoms with Gasteiger partial charge >= 0.3 is 0 Å². The summed E-state index contributed by atoms with van der Waals surface area (Å²) in [5, 5.41) is 0. The third kappa shape index (κ3) is 9.10. The Bertz CT molecular complexity index is 719. The molecule has 1 heterocycles. The molecule has 0 radical (unpaired) electrons. The first-order valence-corrected chi connectivity index (χ1v) is 10.8. The lowest BCUT2D eigenvalue weighted by atomic mass is 10.1. The van der Waals surface area contributed by atoms with Crippen molar-refractivity contribution in [2.45, 2.75) is 58.5 Å². The van der Waals surface area contributed by atoms with E-state index in [1.165, 1.54) is 19.3 Å². The number of hydrogen-bond acceptors (Lipinski definition) is 3. The molecule has 0 amide bonds. The molecule has 0 saturated heterocycles. The van der Waals surface area contributed by atoms with E-state index in [9.17, 15) is 0 Å². The van der Waals surface area contributed by atoms with Gasteiger partial charge in [-0.1, -0.05) is 50.6 Å². The predicted molar refractivity (Wildman–Crippen MR) is 123 cm³/mol. The van der Waals surface area contributed by atoms with Gasteiger partial charge in [0.1, 0.15) is 12.4 Å². The number of aromatic nitrogens is 1. The van der Waals surface area contributed by atoms with E-state index >= 15 is 0 Å². The molecule has 0 N–H and O–H groups in total. The minimum absolute atomic E-state index is 0.356. The highest BCUT2D eigenvalue weighted by Gasteiger charge is 2.02. The Labute approximate surface area is 176 Å². The Balaban J connectivity index is 1.72. The molecule has 3 heteroatoms. The van der Waals surface area contributed by atoms with Gasteiger partial charge in [0.05, 0.1) is 11.8 Å². The van der Waals surface area contributed by atoms with Crippen LogP contribution in [0.3, 0.4) is 0 Å². The van der Waals surface area contributed by atoms with E-state index in [0.717, 1.165) is 48.4 Å². The zero-order valence-corrected chi connectivity index (χ0v) is 18.0. The Morgan fingerprint density at radius 1 is 1.07 bits per heavy atom. The summed E-state index contributed by atoms with van der Waals surface area (Å²) in [5.41, 5.74) is 3.18. The minimum Gasteiger partial charge on any atom is -0.490 e. The topological polar surface area (TPSA) is 31.4 Å². The fourth-order valence-electron chi connectivity index (χ4n) is 3.01. The molecule has 2 aromatic rings. The molecule has 29 heavy (non-hydrogen) atoms. The molecular weight excluding hydrogens is 358 g/mol. The lowest BCUT2D eigenvalue weighted by Gasteiger charge is -2.11. The summed E-state index contributed by atoms with van der Waals surface area (Å²) in [6.07, 6.45) is 15.4. The van der Waals surface area contributed by atoms with Crippen molar-refractivity contribution >= 4 is 6.08 Å². The second-order valence-corrected chi connectivity index (χ2v) is 7.32. The maximum Gasteiger partial charge on any atom is 0.119 e. The monoisotopic (exact) mass is 393 g/mol. The van der Waals surface area contributed by atoms with Crippen molar-refractivity contribution in [3.05, 3.63) is 66.9 Å². The smallest absolute Gasteiger partial charge is 0.119 e. The molecule has 1 aromatic heterocycles. The number of hydrogen-bond donors (Lipinski definition) is 0. The van der Waals surface area contributed by atoms with Gasteiger partial charge in [-0.15, -0.1) is 0 Å². The number of allylic oxidation sites excluding steroid dienone is 1. The van der Waals surface area contributed by atoms with Crippen LogP contribution in [0.2, 0.25) is 0 Å². The van der Waals surface area contributed by atoms with E-state index in [4.69, 9.17) is 9.47 Å². The fraction of sp³-hybridized carbons (Fsp3) is 0.423. The van der Waals surface area contributed by atoms with Crippen molar-refractivity contribution in [1.29, 1.82) is 0 Å². The van der Waals surface area contributed by atoms with Gasteiger partial charge in [0, 0.05) is 18.4 Å². The van der Waals surface area contributed by atoms with Crippen LogP contribution in [-0.2, 0) is 4.74 Å². The summed E-state index contributed by atoms with van der Waals surface area (Å²) in [6.45, 7) is 9.47. The molecule has 156 valence electrons. The van der Waals surface area contributed by atoms with Crippen LogP contribution >= 0.6 is 0 Å². The van der Waals surface area contributed by atoms with E-state index in [2.05, 4.69) is 49.7 Å². The van der Waals surface area contributed by atoms with Gasteiger partial charge in [0.15, 0.2) is 0 Å². The normalized spacial score (nSPS) is 12.2. The van der Waals surface area contributed by atoms with Gasteiger partial charge in [-0.3, -0.25) is 4.98 Å². The van der Waals surface area contributed by atoms with Crippen molar-refractivity contribution in [3.63, 3.8) is 0 Å². The molecular formula is C26H35NO2. The van der Waals surface area contributed by atoms with E-state index < -0.39 is 0 Å². The van der Waals surface area contributed by atoms with Gasteiger partial charge in [-0.25, -0.2) is 0 Å². The lowest BCUT2D eigenvalue weighted by molar-refractivity contribution is 0.0566. The Hall–Kier alpha value is -2.39. The summed E-state index contributed by atoms with van der Waals surface area (Å²) in [5.74, 6) is 0.842. The molecule has 1 unspecified atom stereocenters. The van der Waals surface area contributed by atoms with Crippen molar-refractivity contribution < 1.29 is 9.47 Å². The molecule has 0 bridgehead atoms. The third-order valence-corrected chi connectivity index (χ3v) is 4.75. The van der Waals surface area contributed by atoms with E-state index in [0.29, 0.717) is 12.7 Å². The maximum absolute atomic E-state index is 5.84. The molecule has 2 rings (SSSR count). The Morgan fingerprint density at radius 2 is 1.90 bits per heavy atom. The first-order valence-electron chi connectivity index (χ1n) is 10.8. The zero-order chi connectivity index (χ0) is 20.7. The summed E-state index contributed by atoms with van der Waals surface area (Å²) >= 11 is 0. The Morgan fingerprint density at radius 3 is 2.59 bits per heavy atom. The predicted octanol–water partition coefficient (Wildman–Crippen LogP) is 7.09. The maximum atomic E-state index is 5.84. The highest BCUT2D eigenvalue weighted by molar-refractivity contribution is 5.61. The van der Waals surface area contributed by atoms with Crippen LogP contribution in [-0.4, -0.2) is 24.3 Å².